The Kier molecular flexibility index (Phi) is 4.36. The maximum absolute atomic E-state index is 10.8. The van der Waals surface area contributed by atoms with Crippen molar-refractivity contribution in [2.45, 2.75) is 52.5 Å². The molecule has 1 fully saturated rings. The Hall–Kier alpha value is -0.570. The first-order valence-corrected chi connectivity index (χ1v) is 6.25. The van der Waals surface area contributed by atoms with E-state index in [9.17, 15) is 4.79 Å². The predicted molar refractivity (Wildman–Crippen MR) is 65.5 cm³/mol. The van der Waals surface area contributed by atoms with Gasteiger partial charge in [-0.25, -0.2) is 0 Å². The van der Waals surface area contributed by atoms with E-state index in [0.717, 1.165) is 6.54 Å². The number of hydrogen-bond donors (Lipinski definition) is 1. The van der Waals surface area contributed by atoms with Crippen LogP contribution < -0.4 is 0 Å². The second-order valence-electron chi connectivity index (χ2n) is 6.06. The van der Waals surface area contributed by atoms with E-state index in [-0.39, 0.29) is 6.04 Å². The largest absolute Gasteiger partial charge is 0.480 e. The van der Waals surface area contributed by atoms with Gasteiger partial charge in [-0.3, -0.25) is 9.69 Å². The molecule has 0 saturated heterocycles. The molecule has 16 heavy (non-hydrogen) atoms. The maximum Gasteiger partial charge on any atom is 0.320 e. The molecular weight excluding hydrogens is 202 g/mol. The van der Waals surface area contributed by atoms with Gasteiger partial charge in [0, 0.05) is 6.54 Å². The van der Waals surface area contributed by atoms with Crippen molar-refractivity contribution in [2.75, 3.05) is 13.6 Å². The first kappa shape index (κ1) is 13.5. The van der Waals surface area contributed by atoms with Crippen LogP contribution in [0.5, 0.6) is 0 Å². The maximum atomic E-state index is 10.8. The monoisotopic (exact) mass is 227 g/mol. The number of carboxylic acid groups (broad SMARTS) is 1. The van der Waals surface area contributed by atoms with Crippen LogP contribution in [0.3, 0.4) is 0 Å². The van der Waals surface area contributed by atoms with Gasteiger partial charge in [-0.1, -0.05) is 13.8 Å². The van der Waals surface area contributed by atoms with Crippen LogP contribution in [-0.2, 0) is 4.79 Å². The van der Waals surface area contributed by atoms with Gasteiger partial charge < -0.3 is 5.11 Å². The highest BCUT2D eigenvalue weighted by Gasteiger charge is 2.28. The Labute approximate surface area is 98.8 Å². The Morgan fingerprint density at radius 1 is 1.44 bits per heavy atom. The van der Waals surface area contributed by atoms with Crippen molar-refractivity contribution in [1.29, 1.82) is 0 Å². The molecule has 0 radical (unpaired) electrons. The van der Waals surface area contributed by atoms with Crippen molar-refractivity contribution in [3.8, 4) is 0 Å². The van der Waals surface area contributed by atoms with Crippen LogP contribution in [-0.4, -0.2) is 35.6 Å². The Balaban J connectivity index is 2.36. The molecule has 1 N–H and O–H groups in total. The number of aliphatic carboxylic acids is 1. The minimum atomic E-state index is -0.723. The van der Waals surface area contributed by atoms with Crippen LogP contribution in [0.2, 0.25) is 0 Å². The fraction of sp³-hybridized carbons (Fsp3) is 0.923. The van der Waals surface area contributed by atoms with Gasteiger partial charge in [0.2, 0.25) is 0 Å². The van der Waals surface area contributed by atoms with Crippen LogP contribution in [0.15, 0.2) is 0 Å². The minimum absolute atomic E-state index is 0.366. The van der Waals surface area contributed by atoms with Crippen LogP contribution >= 0.6 is 0 Å². The van der Waals surface area contributed by atoms with E-state index in [1.807, 2.05) is 11.9 Å². The zero-order valence-electron chi connectivity index (χ0n) is 11.0. The Bertz CT molecular complexity index is 240. The third kappa shape index (κ3) is 3.78. The van der Waals surface area contributed by atoms with Gasteiger partial charge >= 0.3 is 5.97 Å². The number of nitrogens with zero attached hydrogens (tertiary/aromatic N) is 1. The number of carboxylic acids is 1. The predicted octanol–water partition coefficient (Wildman–Crippen LogP) is 2.61. The van der Waals surface area contributed by atoms with Gasteiger partial charge in [0.15, 0.2) is 0 Å². The molecule has 1 aliphatic carbocycles. The summed E-state index contributed by atoms with van der Waals surface area (Å²) in [6, 6.07) is -0.366. The number of carbonyl (C=O) groups is 1. The highest BCUT2D eigenvalue weighted by atomic mass is 16.4. The highest BCUT2D eigenvalue weighted by Crippen LogP contribution is 2.38. The fourth-order valence-electron chi connectivity index (χ4n) is 2.40. The van der Waals surface area contributed by atoms with Crippen molar-refractivity contribution >= 4 is 5.97 Å². The third-order valence-corrected chi connectivity index (χ3v) is 4.02. The first-order valence-electron chi connectivity index (χ1n) is 6.25. The van der Waals surface area contributed by atoms with E-state index in [1.54, 1.807) is 6.92 Å². The van der Waals surface area contributed by atoms with E-state index in [1.165, 1.54) is 25.7 Å². The van der Waals surface area contributed by atoms with E-state index in [4.69, 9.17) is 5.11 Å². The standard InChI is InChI=1S/C13H25NO2/c1-10(12(15)16)14(4)9-11-5-7-13(2,3)8-6-11/h10-11H,5-9H2,1-4H3,(H,15,16). The van der Waals surface area contributed by atoms with E-state index >= 15 is 0 Å². The topological polar surface area (TPSA) is 40.5 Å². The summed E-state index contributed by atoms with van der Waals surface area (Å²) in [5, 5.41) is 8.92. The van der Waals surface area contributed by atoms with Crippen LogP contribution in [0.25, 0.3) is 0 Å². The molecule has 0 aromatic carbocycles. The van der Waals surface area contributed by atoms with Gasteiger partial charge in [0.1, 0.15) is 6.04 Å². The molecule has 0 aromatic heterocycles. The van der Waals surface area contributed by atoms with Gasteiger partial charge in [0.05, 0.1) is 0 Å². The van der Waals surface area contributed by atoms with Crippen molar-refractivity contribution in [2.24, 2.45) is 11.3 Å². The molecular formula is C13H25NO2. The third-order valence-electron chi connectivity index (χ3n) is 4.02. The second-order valence-corrected chi connectivity index (χ2v) is 6.06. The summed E-state index contributed by atoms with van der Waals surface area (Å²) >= 11 is 0. The normalized spacial score (nSPS) is 23.3. The molecule has 0 amide bonds. The summed E-state index contributed by atoms with van der Waals surface area (Å²) in [5.74, 6) is -0.0431. The molecule has 0 heterocycles. The molecule has 3 heteroatoms. The summed E-state index contributed by atoms with van der Waals surface area (Å²) in [5.41, 5.74) is 0.494. The van der Waals surface area contributed by atoms with E-state index < -0.39 is 5.97 Å². The molecule has 1 unspecified atom stereocenters. The van der Waals surface area contributed by atoms with Crippen LogP contribution in [0, 0.1) is 11.3 Å². The van der Waals surface area contributed by atoms with Gasteiger partial charge in [-0.05, 0) is 51.0 Å². The lowest BCUT2D eigenvalue weighted by Crippen LogP contribution is -2.40. The smallest absolute Gasteiger partial charge is 0.320 e. The van der Waals surface area contributed by atoms with Crippen molar-refractivity contribution in [1.82, 2.24) is 4.90 Å². The van der Waals surface area contributed by atoms with Gasteiger partial charge in [-0.2, -0.15) is 0 Å². The highest BCUT2D eigenvalue weighted by molar-refractivity contribution is 5.72. The molecule has 3 nitrogen and oxygen atoms in total. The average Bonchev–Trinajstić information content (AvgIpc) is 2.19. The quantitative estimate of drug-likeness (QED) is 0.802. The lowest BCUT2D eigenvalue weighted by atomic mass is 9.73. The van der Waals surface area contributed by atoms with Crippen LogP contribution in [0.1, 0.15) is 46.5 Å². The minimum Gasteiger partial charge on any atom is -0.480 e. The zero-order valence-corrected chi connectivity index (χ0v) is 11.0. The van der Waals surface area contributed by atoms with E-state index in [2.05, 4.69) is 13.8 Å². The molecule has 0 aromatic rings. The van der Waals surface area contributed by atoms with Crippen molar-refractivity contribution < 1.29 is 9.90 Å². The molecule has 1 saturated carbocycles. The van der Waals surface area contributed by atoms with Gasteiger partial charge in [-0.15, -0.1) is 0 Å². The SMILES string of the molecule is CC(C(=O)O)N(C)CC1CCC(C)(C)CC1. The average molecular weight is 227 g/mol. The summed E-state index contributed by atoms with van der Waals surface area (Å²) < 4.78 is 0. The van der Waals surface area contributed by atoms with Crippen molar-refractivity contribution in [3.63, 3.8) is 0 Å². The Morgan fingerprint density at radius 3 is 2.38 bits per heavy atom. The molecule has 1 rings (SSSR count). The Morgan fingerprint density at radius 2 is 1.94 bits per heavy atom. The fourth-order valence-corrected chi connectivity index (χ4v) is 2.40. The molecule has 0 spiro atoms. The second kappa shape index (κ2) is 5.17. The summed E-state index contributed by atoms with van der Waals surface area (Å²) in [4.78, 5) is 12.8. The first-order chi connectivity index (χ1) is 7.32. The van der Waals surface area contributed by atoms with Gasteiger partial charge in [0.25, 0.3) is 0 Å². The molecule has 0 bridgehead atoms. The number of hydrogen-bond acceptors (Lipinski definition) is 2. The zero-order chi connectivity index (χ0) is 12.3. The lowest BCUT2D eigenvalue weighted by Gasteiger charge is -2.36. The molecule has 1 aliphatic rings. The summed E-state index contributed by atoms with van der Waals surface area (Å²) in [7, 11) is 1.92. The summed E-state index contributed by atoms with van der Waals surface area (Å²) in [6.07, 6.45) is 5.02. The lowest BCUT2D eigenvalue weighted by molar-refractivity contribution is -0.142. The molecule has 1 atom stereocenters. The van der Waals surface area contributed by atoms with Crippen LogP contribution in [0.4, 0.5) is 0 Å². The van der Waals surface area contributed by atoms with E-state index in [0.29, 0.717) is 11.3 Å². The molecule has 0 aliphatic heterocycles. The molecule has 94 valence electrons. The number of rotatable bonds is 4. The van der Waals surface area contributed by atoms with Crippen molar-refractivity contribution in [3.05, 3.63) is 0 Å². The number of likely N-dealkylation sites (N-methyl/N-ethyl adjacent to an activating group) is 1. The summed E-state index contributed by atoms with van der Waals surface area (Å²) in [6.45, 7) is 7.33.